The van der Waals surface area contributed by atoms with Crippen molar-refractivity contribution in [1.29, 1.82) is 0 Å². The lowest BCUT2D eigenvalue weighted by Crippen LogP contribution is -2.21. The van der Waals surface area contributed by atoms with Crippen LogP contribution < -0.4 is 10.5 Å². The van der Waals surface area contributed by atoms with E-state index in [9.17, 15) is 0 Å². The molecule has 0 aliphatic heterocycles. The smallest absolute Gasteiger partial charge is 0.138 e. The number of hydrogen-bond acceptors (Lipinski definition) is 5. The molecule has 0 fully saturated rings. The Morgan fingerprint density at radius 2 is 2.22 bits per heavy atom. The maximum absolute atomic E-state index is 5.89. The number of rotatable bonds is 6. The number of nitrogens with two attached hydrogens (primary N) is 1. The minimum atomic E-state index is 0.180. The second-order valence-corrected chi connectivity index (χ2v) is 4.84. The third-order valence-electron chi connectivity index (χ3n) is 2.66. The van der Waals surface area contributed by atoms with Crippen molar-refractivity contribution in [3.8, 4) is 5.75 Å². The summed E-state index contributed by atoms with van der Waals surface area (Å²) in [6.07, 6.45) is 3.51. The molecule has 0 saturated heterocycles. The Morgan fingerprint density at radius 1 is 1.33 bits per heavy atom. The SMILES string of the molecule is CCC(N)Cc1ccc(OCc2cscn2)cn1. The fourth-order valence-electron chi connectivity index (χ4n) is 1.50. The number of pyridine rings is 1. The molecule has 1 unspecified atom stereocenters. The van der Waals surface area contributed by atoms with Crippen LogP contribution >= 0.6 is 11.3 Å². The van der Waals surface area contributed by atoms with Crippen LogP contribution in [0.2, 0.25) is 0 Å². The summed E-state index contributed by atoms with van der Waals surface area (Å²) >= 11 is 1.57. The van der Waals surface area contributed by atoms with Gasteiger partial charge in [0.15, 0.2) is 0 Å². The van der Waals surface area contributed by atoms with Crippen LogP contribution in [-0.2, 0) is 13.0 Å². The van der Waals surface area contributed by atoms with Crippen molar-refractivity contribution in [2.24, 2.45) is 5.73 Å². The van der Waals surface area contributed by atoms with Gasteiger partial charge >= 0.3 is 0 Å². The minimum Gasteiger partial charge on any atom is -0.486 e. The van der Waals surface area contributed by atoms with Gasteiger partial charge in [-0.15, -0.1) is 11.3 Å². The predicted octanol–water partition coefficient (Wildman–Crippen LogP) is 2.40. The van der Waals surface area contributed by atoms with Gasteiger partial charge in [0, 0.05) is 23.5 Å². The van der Waals surface area contributed by atoms with E-state index in [1.807, 2.05) is 17.5 Å². The van der Waals surface area contributed by atoms with Crippen LogP contribution in [0.25, 0.3) is 0 Å². The van der Waals surface area contributed by atoms with Crippen LogP contribution in [0.15, 0.2) is 29.2 Å². The van der Waals surface area contributed by atoms with Gasteiger partial charge in [0.2, 0.25) is 0 Å². The average molecular weight is 263 g/mol. The summed E-state index contributed by atoms with van der Waals surface area (Å²) in [5, 5.41) is 1.97. The molecule has 2 rings (SSSR count). The predicted molar refractivity (Wildman–Crippen MR) is 72.7 cm³/mol. The highest BCUT2D eigenvalue weighted by molar-refractivity contribution is 7.07. The van der Waals surface area contributed by atoms with Crippen LogP contribution in [-0.4, -0.2) is 16.0 Å². The van der Waals surface area contributed by atoms with Crippen molar-refractivity contribution in [2.75, 3.05) is 0 Å². The fourth-order valence-corrected chi connectivity index (χ4v) is 2.04. The van der Waals surface area contributed by atoms with Gasteiger partial charge in [-0.3, -0.25) is 4.98 Å². The Balaban J connectivity index is 1.87. The molecule has 2 aromatic heterocycles. The van der Waals surface area contributed by atoms with Gasteiger partial charge in [-0.25, -0.2) is 4.98 Å². The van der Waals surface area contributed by atoms with E-state index in [0.29, 0.717) is 6.61 Å². The molecule has 1 atom stereocenters. The van der Waals surface area contributed by atoms with E-state index in [1.165, 1.54) is 0 Å². The largest absolute Gasteiger partial charge is 0.486 e. The zero-order valence-corrected chi connectivity index (χ0v) is 11.2. The van der Waals surface area contributed by atoms with Crippen molar-refractivity contribution in [1.82, 2.24) is 9.97 Å². The molecule has 5 heteroatoms. The number of ether oxygens (including phenoxy) is 1. The first-order chi connectivity index (χ1) is 8.78. The van der Waals surface area contributed by atoms with Gasteiger partial charge in [0.05, 0.1) is 17.4 Å². The van der Waals surface area contributed by atoms with Crippen LogP contribution in [0.1, 0.15) is 24.7 Å². The highest BCUT2D eigenvalue weighted by Gasteiger charge is 2.03. The Labute approximate surface area is 111 Å². The van der Waals surface area contributed by atoms with Crippen LogP contribution in [0.5, 0.6) is 5.75 Å². The summed E-state index contributed by atoms with van der Waals surface area (Å²) in [7, 11) is 0. The Morgan fingerprint density at radius 3 is 2.83 bits per heavy atom. The van der Waals surface area contributed by atoms with E-state index in [1.54, 1.807) is 23.0 Å². The first kappa shape index (κ1) is 13.0. The van der Waals surface area contributed by atoms with Crippen molar-refractivity contribution in [2.45, 2.75) is 32.4 Å². The number of thiazole rings is 1. The molecule has 0 saturated carbocycles. The van der Waals surface area contributed by atoms with Gasteiger partial charge in [0.25, 0.3) is 0 Å². The molecule has 0 bridgehead atoms. The average Bonchev–Trinajstić information content (AvgIpc) is 2.91. The Hall–Kier alpha value is -1.46. The van der Waals surface area contributed by atoms with E-state index in [0.717, 1.165) is 30.0 Å². The molecule has 0 amide bonds. The molecular formula is C13H17N3OS. The van der Waals surface area contributed by atoms with Crippen molar-refractivity contribution < 1.29 is 4.74 Å². The molecule has 2 aromatic rings. The molecule has 0 aliphatic rings. The third-order valence-corrected chi connectivity index (χ3v) is 3.30. The molecule has 0 spiro atoms. The molecule has 2 N–H and O–H groups in total. The molecule has 18 heavy (non-hydrogen) atoms. The molecule has 0 radical (unpaired) electrons. The van der Waals surface area contributed by atoms with E-state index >= 15 is 0 Å². The van der Waals surface area contributed by atoms with E-state index in [-0.39, 0.29) is 6.04 Å². The van der Waals surface area contributed by atoms with E-state index in [4.69, 9.17) is 10.5 Å². The van der Waals surface area contributed by atoms with Crippen LogP contribution in [0.4, 0.5) is 0 Å². The number of hydrogen-bond donors (Lipinski definition) is 1. The fraction of sp³-hybridized carbons (Fsp3) is 0.385. The number of nitrogens with zero attached hydrogens (tertiary/aromatic N) is 2. The van der Waals surface area contributed by atoms with Crippen LogP contribution in [0, 0.1) is 0 Å². The summed E-state index contributed by atoms with van der Waals surface area (Å²) in [4.78, 5) is 8.50. The third kappa shape index (κ3) is 3.78. The van der Waals surface area contributed by atoms with Gasteiger partial charge < -0.3 is 10.5 Å². The van der Waals surface area contributed by atoms with Crippen LogP contribution in [0.3, 0.4) is 0 Å². The lowest BCUT2D eigenvalue weighted by atomic mass is 10.1. The highest BCUT2D eigenvalue weighted by atomic mass is 32.1. The normalized spacial score (nSPS) is 12.3. The molecular weight excluding hydrogens is 246 g/mol. The van der Waals surface area contributed by atoms with Gasteiger partial charge in [0.1, 0.15) is 12.4 Å². The van der Waals surface area contributed by atoms with Crippen molar-refractivity contribution >= 4 is 11.3 Å². The van der Waals surface area contributed by atoms with E-state index < -0.39 is 0 Å². The zero-order chi connectivity index (χ0) is 12.8. The van der Waals surface area contributed by atoms with Crippen molar-refractivity contribution in [3.05, 3.63) is 40.6 Å². The summed E-state index contributed by atoms with van der Waals surface area (Å²) in [6, 6.07) is 4.07. The molecule has 0 aromatic carbocycles. The molecule has 4 nitrogen and oxygen atoms in total. The summed E-state index contributed by atoms with van der Waals surface area (Å²) in [5.74, 6) is 0.761. The maximum Gasteiger partial charge on any atom is 0.138 e. The van der Waals surface area contributed by atoms with Gasteiger partial charge in [-0.05, 0) is 18.6 Å². The monoisotopic (exact) mass is 263 g/mol. The maximum atomic E-state index is 5.89. The first-order valence-corrected chi connectivity index (χ1v) is 6.92. The number of aromatic nitrogens is 2. The molecule has 2 heterocycles. The summed E-state index contributed by atoms with van der Waals surface area (Å²) < 4.78 is 5.59. The quantitative estimate of drug-likeness (QED) is 0.869. The van der Waals surface area contributed by atoms with Gasteiger partial charge in [-0.2, -0.15) is 0 Å². The van der Waals surface area contributed by atoms with Gasteiger partial charge in [-0.1, -0.05) is 6.92 Å². The van der Waals surface area contributed by atoms with Crippen molar-refractivity contribution in [3.63, 3.8) is 0 Å². The molecule has 0 aliphatic carbocycles. The second kappa shape index (κ2) is 6.47. The summed E-state index contributed by atoms with van der Waals surface area (Å²) in [5.41, 5.74) is 9.63. The topological polar surface area (TPSA) is 61.0 Å². The lowest BCUT2D eigenvalue weighted by Gasteiger charge is -2.08. The summed E-state index contributed by atoms with van der Waals surface area (Å²) in [6.45, 7) is 2.56. The molecule has 96 valence electrons. The highest BCUT2D eigenvalue weighted by Crippen LogP contribution is 2.13. The second-order valence-electron chi connectivity index (χ2n) is 4.13. The Kier molecular flexibility index (Phi) is 4.66. The zero-order valence-electron chi connectivity index (χ0n) is 10.4. The Bertz CT molecular complexity index is 456. The standard InChI is InChI=1S/C13H17N3OS/c1-2-10(14)5-11-3-4-13(6-15-11)17-7-12-8-18-9-16-12/h3-4,6,8-10H,2,5,7,14H2,1H3. The lowest BCUT2D eigenvalue weighted by molar-refractivity contribution is 0.300. The van der Waals surface area contributed by atoms with E-state index in [2.05, 4.69) is 16.9 Å². The first-order valence-electron chi connectivity index (χ1n) is 5.98. The minimum absolute atomic E-state index is 0.180.